The van der Waals surface area contributed by atoms with Crippen molar-refractivity contribution < 1.29 is 4.74 Å². The van der Waals surface area contributed by atoms with E-state index in [9.17, 15) is 0 Å². The van der Waals surface area contributed by atoms with Crippen molar-refractivity contribution in [1.82, 2.24) is 5.32 Å². The lowest BCUT2D eigenvalue weighted by Crippen LogP contribution is -2.28. The van der Waals surface area contributed by atoms with Crippen molar-refractivity contribution in [2.75, 3.05) is 6.61 Å². The first-order chi connectivity index (χ1) is 9.31. The maximum atomic E-state index is 5.53. The van der Waals surface area contributed by atoms with Gasteiger partial charge < -0.3 is 10.1 Å². The van der Waals surface area contributed by atoms with Gasteiger partial charge in [0.25, 0.3) is 0 Å². The number of unbranched alkanes of at least 4 members (excludes halogenated alkanes) is 1. The molecule has 1 rings (SSSR count). The van der Waals surface area contributed by atoms with Crippen molar-refractivity contribution in [3.05, 3.63) is 35.4 Å². The Balaban J connectivity index is 2.50. The first-order valence-corrected chi connectivity index (χ1v) is 7.69. The third kappa shape index (κ3) is 6.22. The number of ether oxygens (including phenoxy) is 1. The summed E-state index contributed by atoms with van der Waals surface area (Å²) in [6.45, 7) is 9.00. The third-order valence-corrected chi connectivity index (χ3v) is 3.56. The molecule has 0 amide bonds. The summed E-state index contributed by atoms with van der Waals surface area (Å²) >= 11 is 0. The second kappa shape index (κ2) is 9.99. The number of hydrogen-bond donors (Lipinski definition) is 1. The maximum Gasteiger partial charge on any atom is 0.0719 e. The Bertz CT molecular complexity index is 338. The Kier molecular flexibility index (Phi) is 8.52. The number of nitrogens with one attached hydrogen (secondary N) is 1. The van der Waals surface area contributed by atoms with E-state index in [4.69, 9.17) is 4.74 Å². The summed E-state index contributed by atoms with van der Waals surface area (Å²) in [6, 6.07) is 9.21. The highest BCUT2D eigenvalue weighted by Crippen LogP contribution is 2.12. The summed E-state index contributed by atoms with van der Waals surface area (Å²) in [5.41, 5.74) is 2.67. The molecule has 1 aromatic rings. The molecule has 2 nitrogen and oxygen atoms in total. The van der Waals surface area contributed by atoms with E-state index in [1.807, 2.05) is 6.92 Å². The zero-order chi connectivity index (χ0) is 13.9. The van der Waals surface area contributed by atoms with Crippen LogP contribution in [0.5, 0.6) is 0 Å². The second-order valence-corrected chi connectivity index (χ2v) is 5.03. The highest BCUT2D eigenvalue weighted by atomic mass is 16.5. The molecule has 19 heavy (non-hydrogen) atoms. The molecule has 0 bridgehead atoms. The van der Waals surface area contributed by atoms with Gasteiger partial charge in [-0.05, 0) is 30.9 Å². The number of rotatable bonds is 10. The molecule has 0 saturated heterocycles. The predicted octanol–water partition coefficient (Wildman–Crippen LogP) is 4.28. The SMILES string of the molecule is CCCCC(CC)NCc1ccccc1COCC. The molecule has 0 aromatic heterocycles. The van der Waals surface area contributed by atoms with Crippen molar-refractivity contribution in [1.29, 1.82) is 0 Å². The molecule has 1 atom stereocenters. The molecule has 0 fully saturated rings. The first kappa shape index (κ1) is 16.2. The standard InChI is InChI=1S/C17H29NO/c1-4-7-12-17(5-2)18-13-15-10-8-9-11-16(15)14-19-6-3/h8-11,17-18H,4-7,12-14H2,1-3H3. The number of benzene rings is 1. The van der Waals surface area contributed by atoms with Crippen molar-refractivity contribution >= 4 is 0 Å². The van der Waals surface area contributed by atoms with Crippen molar-refractivity contribution in [3.8, 4) is 0 Å². The quantitative estimate of drug-likeness (QED) is 0.680. The number of hydrogen-bond acceptors (Lipinski definition) is 2. The van der Waals surface area contributed by atoms with Crippen molar-refractivity contribution in [2.24, 2.45) is 0 Å². The molecule has 0 aliphatic heterocycles. The Labute approximate surface area is 118 Å². The van der Waals surface area contributed by atoms with Gasteiger partial charge in [-0.2, -0.15) is 0 Å². The summed E-state index contributed by atoms with van der Waals surface area (Å²) in [5, 5.41) is 3.68. The highest BCUT2D eigenvalue weighted by molar-refractivity contribution is 5.26. The van der Waals surface area contributed by atoms with Crippen LogP contribution in [0.2, 0.25) is 0 Å². The second-order valence-electron chi connectivity index (χ2n) is 5.03. The lowest BCUT2D eigenvalue weighted by molar-refractivity contribution is 0.133. The minimum absolute atomic E-state index is 0.639. The molecule has 2 heteroatoms. The third-order valence-electron chi connectivity index (χ3n) is 3.56. The van der Waals surface area contributed by atoms with Crippen LogP contribution in [0.3, 0.4) is 0 Å². The lowest BCUT2D eigenvalue weighted by atomic mass is 10.1. The molecule has 1 aromatic carbocycles. The summed E-state index contributed by atoms with van der Waals surface area (Å²) < 4.78 is 5.53. The van der Waals surface area contributed by atoms with Gasteiger partial charge in [0.2, 0.25) is 0 Å². The van der Waals surface area contributed by atoms with E-state index in [1.54, 1.807) is 0 Å². The van der Waals surface area contributed by atoms with Crippen LogP contribution >= 0.6 is 0 Å². The van der Waals surface area contributed by atoms with E-state index >= 15 is 0 Å². The van der Waals surface area contributed by atoms with Crippen LogP contribution in [-0.4, -0.2) is 12.6 Å². The Morgan fingerprint density at radius 2 is 1.84 bits per heavy atom. The summed E-state index contributed by atoms with van der Waals surface area (Å²) in [6.07, 6.45) is 5.07. The average Bonchev–Trinajstić information content (AvgIpc) is 2.46. The van der Waals surface area contributed by atoms with Gasteiger partial charge in [-0.15, -0.1) is 0 Å². The molecule has 0 aliphatic rings. The van der Waals surface area contributed by atoms with Crippen LogP contribution in [0.15, 0.2) is 24.3 Å². The fraction of sp³-hybridized carbons (Fsp3) is 0.647. The van der Waals surface area contributed by atoms with Gasteiger partial charge >= 0.3 is 0 Å². The minimum atomic E-state index is 0.639. The average molecular weight is 263 g/mol. The molecular formula is C17H29NO. The van der Waals surface area contributed by atoms with Crippen LogP contribution in [-0.2, 0) is 17.9 Å². The van der Waals surface area contributed by atoms with Gasteiger partial charge in [-0.3, -0.25) is 0 Å². The summed E-state index contributed by atoms with van der Waals surface area (Å²) in [5.74, 6) is 0. The molecule has 0 saturated carbocycles. The Morgan fingerprint density at radius 1 is 1.11 bits per heavy atom. The Hall–Kier alpha value is -0.860. The van der Waals surface area contributed by atoms with Crippen LogP contribution in [0.1, 0.15) is 57.6 Å². The monoisotopic (exact) mass is 263 g/mol. The van der Waals surface area contributed by atoms with Crippen LogP contribution in [0.25, 0.3) is 0 Å². The molecule has 1 unspecified atom stereocenters. The zero-order valence-corrected chi connectivity index (χ0v) is 12.7. The molecule has 0 heterocycles. The predicted molar refractivity (Wildman–Crippen MR) is 82.2 cm³/mol. The molecule has 0 radical (unpaired) electrons. The van der Waals surface area contributed by atoms with E-state index in [1.165, 1.54) is 36.8 Å². The maximum absolute atomic E-state index is 5.53. The van der Waals surface area contributed by atoms with E-state index in [0.29, 0.717) is 6.04 Å². The van der Waals surface area contributed by atoms with Gasteiger partial charge in [-0.1, -0.05) is 51.0 Å². The summed E-state index contributed by atoms with van der Waals surface area (Å²) in [7, 11) is 0. The zero-order valence-electron chi connectivity index (χ0n) is 12.7. The van der Waals surface area contributed by atoms with Gasteiger partial charge in [-0.25, -0.2) is 0 Å². The van der Waals surface area contributed by atoms with E-state index in [0.717, 1.165) is 19.8 Å². The van der Waals surface area contributed by atoms with Crippen molar-refractivity contribution in [2.45, 2.75) is 65.6 Å². The van der Waals surface area contributed by atoms with E-state index < -0.39 is 0 Å². The molecule has 0 spiro atoms. The first-order valence-electron chi connectivity index (χ1n) is 7.69. The van der Waals surface area contributed by atoms with Gasteiger partial charge in [0, 0.05) is 19.2 Å². The molecular weight excluding hydrogens is 234 g/mol. The van der Waals surface area contributed by atoms with Gasteiger partial charge in [0.1, 0.15) is 0 Å². The molecule has 1 N–H and O–H groups in total. The van der Waals surface area contributed by atoms with Gasteiger partial charge in [0.15, 0.2) is 0 Å². The molecule has 108 valence electrons. The van der Waals surface area contributed by atoms with Crippen molar-refractivity contribution in [3.63, 3.8) is 0 Å². The van der Waals surface area contributed by atoms with Gasteiger partial charge in [0.05, 0.1) is 6.61 Å². The topological polar surface area (TPSA) is 21.3 Å². The highest BCUT2D eigenvalue weighted by Gasteiger charge is 2.07. The van der Waals surface area contributed by atoms with Crippen LogP contribution in [0, 0.1) is 0 Å². The fourth-order valence-electron chi connectivity index (χ4n) is 2.24. The van der Waals surface area contributed by atoms with Crippen LogP contribution < -0.4 is 5.32 Å². The van der Waals surface area contributed by atoms with E-state index in [2.05, 4.69) is 43.4 Å². The Morgan fingerprint density at radius 3 is 2.47 bits per heavy atom. The normalized spacial score (nSPS) is 12.6. The summed E-state index contributed by atoms with van der Waals surface area (Å²) in [4.78, 5) is 0. The fourth-order valence-corrected chi connectivity index (χ4v) is 2.24. The lowest BCUT2D eigenvalue weighted by Gasteiger charge is -2.18. The molecule has 0 aliphatic carbocycles. The largest absolute Gasteiger partial charge is 0.377 e. The van der Waals surface area contributed by atoms with E-state index in [-0.39, 0.29) is 0 Å². The minimum Gasteiger partial charge on any atom is -0.377 e. The van der Waals surface area contributed by atoms with Crippen LogP contribution in [0.4, 0.5) is 0 Å². The smallest absolute Gasteiger partial charge is 0.0719 e.